The van der Waals surface area contributed by atoms with E-state index in [1.54, 1.807) is 13.0 Å². The molecule has 0 saturated heterocycles. The summed E-state index contributed by atoms with van der Waals surface area (Å²) in [6.07, 6.45) is 5.66. The number of allylic oxidation sites excluding steroid dienone is 4. The van der Waals surface area contributed by atoms with E-state index >= 15 is 0 Å². The zero-order valence-corrected chi connectivity index (χ0v) is 15.2. The number of Topliss-reactive ketones (excluding diaryl/α,β-unsaturated/α-hetero) is 1. The molecule has 1 atom stereocenters. The molecule has 3 heteroatoms. The molecule has 2 aromatic rings. The second-order valence-corrected chi connectivity index (χ2v) is 6.95. The lowest BCUT2D eigenvalue weighted by Crippen LogP contribution is -2.08. The van der Waals surface area contributed by atoms with Crippen molar-refractivity contribution in [3.8, 4) is 11.1 Å². The van der Waals surface area contributed by atoms with E-state index in [0.29, 0.717) is 6.42 Å². The summed E-state index contributed by atoms with van der Waals surface area (Å²) < 4.78 is 15.6. The fraction of sp³-hybridized carbons (Fsp3) is 0.318. The van der Waals surface area contributed by atoms with Gasteiger partial charge in [0, 0.05) is 35.5 Å². The van der Waals surface area contributed by atoms with Gasteiger partial charge in [-0.2, -0.15) is 0 Å². The van der Waals surface area contributed by atoms with Crippen molar-refractivity contribution in [1.29, 1.82) is 0 Å². The van der Waals surface area contributed by atoms with Crippen LogP contribution >= 0.6 is 0 Å². The number of hydrogen-bond donors (Lipinski definition) is 0. The molecule has 25 heavy (non-hydrogen) atoms. The Hall–Kier alpha value is -2.42. The monoisotopic (exact) mass is 337 g/mol. The van der Waals surface area contributed by atoms with Crippen LogP contribution in [0.25, 0.3) is 11.1 Å². The standard InChI is InChI=1S/C22H24FNO/c1-14(2)21-19(15(3)25)20(16-8-6-5-7-9-16)22(24(21)4)17-10-12-18(23)13-11-17/h5-10,12-14,17H,11H2,1-4H3. The van der Waals surface area contributed by atoms with Crippen LogP contribution in [0.5, 0.6) is 0 Å². The molecular weight excluding hydrogens is 313 g/mol. The van der Waals surface area contributed by atoms with Crippen LogP contribution in [-0.4, -0.2) is 10.4 Å². The van der Waals surface area contributed by atoms with Crippen molar-refractivity contribution in [3.05, 3.63) is 71.3 Å². The van der Waals surface area contributed by atoms with Crippen molar-refractivity contribution in [1.82, 2.24) is 4.57 Å². The topological polar surface area (TPSA) is 22.0 Å². The molecule has 0 saturated carbocycles. The van der Waals surface area contributed by atoms with Crippen molar-refractivity contribution in [2.45, 2.75) is 39.0 Å². The van der Waals surface area contributed by atoms with Crippen molar-refractivity contribution in [2.75, 3.05) is 0 Å². The summed E-state index contributed by atoms with van der Waals surface area (Å²) in [5.74, 6) is 0.166. The minimum absolute atomic E-state index is 0.0605. The predicted octanol–water partition coefficient (Wildman–Crippen LogP) is 5.92. The van der Waals surface area contributed by atoms with Crippen LogP contribution in [0.4, 0.5) is 4.39 Å². The lowest BCUT2D eigenvalue weighted by molar-refractivity contribution is 0.101. The van der Waals surface area contributed by atoms with Crippen molar-refractivity contribution < 1.29 is 9.18 Å². The predicted molar refractivity (Wildman–Crippen MR) is 101 cm³/mol. The Labute approximate surface area is 148 Å². The number of aromatic nitrogens is 1. The van der Waals surface area contributed by atoms with Gasteiger partial charge in [-0.15, -0.1) is 0 Å². The first kappa shape index (κ1) is 17.4. The maximum atomic E-state index is 13.5. The average Bonchev–Trinajstić information content (AvgIpc) is 2.90. The number of ketones is 1. The van der Waals surface area contributed by atoms with Gasteiger partial charge in [-0.25, -0.2) is 4.39 Å². The van der Waals surface area contributed by atoms with E-state index in [2.05, 4.69) is 18.4 Å². The number of rotatable bonds is 4. The molecule has 0 bridgehead atoms. The maximum Gasteiger partial charge on any atom is 0.162 e. The Kier molecular flexibility index (Phi) is 4.76. The maximum absolute atomic E-state index is 13.5. The molecule has 1 aliphatic rings. The van der Waals surface area contributed by atoms with Crippen LogP contribution in [0.3, 0.4) is 0 Å². The van der Waals surface area contributed by atoms with Gasteiger partial charge in [0.1, 0.15) is 5.83 Å². The first-order valence-corrected chi connectivity index (χ1v) is 8.74. The summed E-state index contributed by atoms with van der Waals surface area (Å²) in [7, 11) is 2.02. The fourth-order valence-corrected chi connectivity index (χ4v) is 3.88. The van der Waals surface area contributed by atoms with Gasteiger partial charge in [0.05, 0.1) is 0 Å². The number of nitrogens with zero attached hydrogens (tertiary/aromatic N) is 1. The van der Waals surface area contributed by atoms with Gasteiger partial charge in [0.2, 0.25) is 0 Å². The molecule has 0 N–H and O–H groups in total. The smallest absolute Gasteiger partial charge is 0.162 e. The highest BCUT2D eigenvalue weighted by molar-refractivity contribution is 6.03. The lowest BCUT2D eigenvalue weighted by atomic mass is 9.88. The van der Waals surface area contributed by atoms with E-state index in [-0.39, 0.29) is 23.4 Å². The van der Waals surface area contributed by atoms with Gasteiger partial charge in [-0.1, -0.05) is 50.3 Å². The van der Waals surface area contributed by atoms with E-state index in [1.807, 2.05) is 43.5 Å². The molecule has 1 heterocycles. The van der Waals surface area contributed by atoms with Crippen molar-refractivity contribution >= 4 is 5.78 Å². The Bertz CT molecular complexity index is 856. The van der Waals surface area contributed by atoms with E-state index in [1.165, 1.54) is 6.08 Å². The Balaban J connectivity index is 2.31. The largest absolute Gasteiger partial charge is 0.349 e. The zero-order chi connectivity index (χ0) is 18.1. The third-order valence-corrected chi connectivity index (χ3v) is 4.85. The molecule has 2 nitrogen and oxygen atoms in total. The molecule has 0 amide bonds. The van der Waals surface area contributed by atoms with E-state index in [4.69, 9.17) is 0 Å². The second-order valence-electron chi connectivity index (χ2n) is 6.95. The minimum Gasteiger partial charge on any atom is -0.349 e. The van der Waals surface area contributed by atoms with Crippen LogP contribution in [0.2, 0.25) is 0 Å². The highest BCUT2D eigenvalue weighted by atomic mass is 19.1. The number of halogens is 1. The summed E-state index contributed by atoms with van der Waals surface area (Å²) in [5.41, 5.74) is 4.95. The van der Waals surface area contributed by atoms with Crippen molar-refractivity contribution in [2.24, 2.45) is 7.05 Å². The van der Waals surface area contributed by atoms with Crippen LogP contribution in [-0.2, 0) is 7.05 Å². The van der Waals surface area contributed by atoms with Crippen LogP contribution in [0.1, 0.15) is 60.8 Å². The van der Waals surface area contributed by atoms with Gasteiger partial charge in [0.15, 0.2) is 5.78 Å². The van der Waals surface area contributed by atoms with Gasteiger partial charge >= 0.3 is 0 Å². The summed E-state index contributed by atoms with van der Waals surface area (Å²) >= 11 is 0. The first-order valence-electron chi connectivity index (χ1n) is 8.74. The molecule has 3 rings (SSSR count). The Morgan fingerprint density at radius 2 is 1.92 bits per heavy atom. The Morgan fingerprint density at radius 1 is 1.24 bits per heavy atom. The van der Waals surface area contributed by atoms with Crippen LogP contribution in [0, 0.1) is 0 Å². The molecular formula is C22H24FNO. The van der Waals surface area contributed by atoms with E-state index in [9.17, 15) is 9.18 Å². The second kappa shape index (κ2) is 6.83. The van der Waals surface area contributed by atoms with Crippen LogP contribution in [0.15, 0.2) is 54.4 Å². The number of carbonyl (C=O) groups excluding carboxylic acids is 1. The molecule has 0 aliphatic heterocycles. The number of benzene rings is 1. The van der Waals surface area contributed by atoms with Gasteiger partial charge in [0.25, 0.3) is 0 Å². The van der Waals surface area contributed by atoms with E-state index < -0.39 is 0 Å². The first-order chi connectivity index (χ1) is 11.9. The molecule has 1 aromatic heterocycles. The summed E-state index contributed by atoms with van der Waals surface area (Å²) in [5, 5.41) is 0. The molecule has 0 radical (unpaired) electrons. The fourth-order valence-electron chi connectivity index (χ4n) is 3.88. The van der Waals surface area contributed by atoms with Gasteiger partial charge < -0.3 is 4.57 Å². The molecule has 1 unspecified atom stereocenters. The normalized spacial score (nSPS) is 17.0. The zero-order valence-electron chi connectivity index (χ0n) is 15.2. The molecule has 1 aromatic carbocycles. The summed E-state index contributed by atoms with van der Waals surface area (Å²) in [6.45, 7) is 5.85. The quantitative estimate of drug-likeness (QED) is 0.635. The third-order valence-electron chi connectivity index (χ3n) is 4.85. The average molecular weight is 337 g/mol. The highest BCUT2D eigenvalue weighted by Gasteiger charge is 2.29. The van der Waals surface area contributed by atoms with Gasteiger partial charge in [-0.05, 0) is 37.0 Å². The Morgan fingerprint density at radius 3 is 2.44 bits per heavy atom. The summed E-state index contributed by atoms with van der Waals surface area (Å²) in [4.78, 5) is 12.6. The van der Waals surface area contributed by atoms with Crippen LogP contribution < -0.4 is 0 Å². The van der Waals surface area contributed by atoms with Crippen molar-refractivity contribution in [3.63, 3.8) is 0 Å². The lowest BCUT2D eigenvalue weighted by Gasteiger charge is -2.19. The molecule has 0 fully saturated rings. The highest BCUT2D eigenvalue weighted by Crippen LogP contribution is 2.42. The molecule has 0 spiro atoms. The molecule has 130 valence electrons. The minimum atomic E-state index is -0.192. The third kappa shape index (κ3) is 3.11. The van der Waals surface area contributed by atoms with Gasteiger partial charge in [-0.3, -0.25) is 4.79 Å². The van der Waals surface area contributed by atoms with E-state index in [0.717, 1.165) is 28.1 Å². The molecule has 1 aliphatic carbocycles. The number of carbonyl (C=O) groups is 1. The summed E-state index contributed by atoms with van der Waals surface area (Å²) in [6, 6.07) is 10.0. The number of hydrogen-bond acceptors (Lipinski definition) is 1. The SMILES string of the molecule is CC(=O)c1c(-c2ccccc2)c(C2C=CC(F)=CC2)n(C)c1C(C)C.